The van der Waals surface area contributed by atoms with Gasteiger partial charge in [-0.05, 0) is 55.9 Å². The highest BCUT2D eigenvalue weighted by Crippen LogP contribution is 2.15. The van der Waals surface area contributed by atoms with Crippen molar-refractivity contribution >= 4 is 0 Å². The second kappa shape index (κ2) is 9.19. The van der Waals surface area contributed by atoms with E-state index in [9.17, 15) is 0 Å². The van der Waals surface area contributed by atoms with Crippen LogP contribution in [0.3, 0.4) is 0 Å². The molecular weight excluding hydrogens is 260 g/mol. The van der Waals surface area contributed by atoms with Gasteiger partial charge in [-0.2, -0.15) is 0 Å². The Morgan fingerprint density at radius 2 is 2.19 bits per heavy atom. The molecule has 3 nitrogen and oxygen atoms in total. The maximum absolute atomic E-state index is 5.23. The lowest BCUT2D eigenvalue weighted by molar-refractivity contribution is 0.184. The molecule has 1 heterocycles. The molecule has 0 aromatic heterocycles. The van der Waals surface area contributed by atoms with Crippen molar-refractivity contribution in [1.29, 1.82) is 0 Å². The first-order valence-electron chi connectivity index (χ1n) is 8.31. The maximum atomic E-state index is 5.23. The zero-order chi connectivity index (χ0) is 14.9. The fourth-order valence-electron chi connectivity index (χ4n) is 3.24. The normalized spacial score (nSPS) is 19.1. The Balaban J connectivity index is 1.92. The molecule has 0 aliphatic carbocycles. The Kier molecular flexibility index (Phi) is 7.20. The molecule has 21 heavy (non-hydrogen) atoms. The number of nitrogens with zero attached hydrogens (tertiary/aromatic N) is 1. The summed E-state index contributed by atoms with van der Waals surface area (Å²) in [4.78, 5) is 2.61. The standard InChI is InChI=1S/C18H30N2O/c1-3-10-20(14-18-8-5-9-19-12-18)13-16-6-4-7-17(11-16)15-21-2/h4,6-7,11,18-19H,3,5,8-10,12-15H2,1-2H3. The number of hydrogen-bond donors (Lipinski definition) is 1. The first kappa shape index (κ1) is 16.5. The van der Waals surface area contributed by atoms with Crippen LogP contribution in [0, 0.1) is 5.92 Å². The van der Waals surface area contributed by atoms with Crippen molar-refractivity contribution < 1.29 is 4.74 Å². The fourth-order valence-corrected chi connectivity index (χ4v) is 3.24. The van der Waals surface area contributed by atoms with E-state index in [1.807, 2.05) is 0 Å². The van der Waals surface area contributed by atoms with E-state index in [2.05, 4.69) is 41.4 Å². The summed E-state index contributed by atoms with van der Waals surface area (Å²) in [7, 11) is 1.76. The first-order valence-corrected chi connectivity index (χ1v) is 8.31. The van der Waals surface area contributed by atoms with Crippen molar-refractivity contribution in [1.82, 2.24) is 10.2 Å². The molecule has 0 saturated carbocycles. The summed E-state index contributed by atoms with van der Waals surface area (Å²) in [6, 6.07) is 8.81. The van der Waals surface area contributed by atoms with Crippen LogP contribution < -0.4 is 5.32 Å². The summed E-state index contributed by atoms with van der Waals surface area (Å²) in [5.74, 6) is 0.812. The Morgan fingerprint density at radius 1 is 1.33 bits per heavy atom. The Morgan fingerprint density at radius 3 is 2.90 bits per heavy atom. The molecule has 1 unspecified atom stereocenters. The van der Waals surface area contributed by atoms with Crippen LogP contribution in [0.2, 0.25) is 0 Å². The number of benzene rings is 1. The van der Waals surface area contributed by atoms with Crippen molar-refractivity contribution in [2.24, 2.45) is 5.92 Å². The van der Waals surface area contributed by atoms with Gasteiger partial charge in [0, 0.05) is 20.2 Å². The van der Waals surface area contributed by atoms with Gasteiger partial charge in [0.05, 0.1) is 6.61 Å². The van der Waals surface area contributed by atoms with Crippen molar-refractivity contribution in [2.75, 3.05) is 33.3 Å². The minimum absolute atomic E-state index is 0.703. The summed E-state index contributed by atoms with van der Waals surface area (Å²) in [5, 5.41) is 3.53. The molecule has 2 rings (SSSR count). The highest BCUT2D eigenvalue weighted by atomic mass is 16.5. The zero-order valence-electron chi connectivity index (χ0n) is 13.6. The number of methoxy groups -OCH3 is 1. The van der Waals surface area contributed by atoms with Gasteiger partial charge in [0.1, 0.15) is 0 Å². The number of nitrogens with one attached hydrogen (secondary N) is 1. The van der Waals surface area contributed by atoms with Gasteiger partial charge in [0.15, 0.2) is 0 Å². The zero-order valence-corrected chi connectivity index (χ0v) is 13.6. The van der Waals surface area contributed by atoms with Crippen LogP contribution in [-0.4, -0.2) is 38.2 Å². The third kappa shape index (κ3) is 5.77. The average Bonchev–Trinajstić information content (AvgIpc) is 2.49. The lowest BCUT2D eigenvalue weighted by Crippen LogP contribution is -2.38. The van der Waals surface area contributed by atoms with Crippen LogP contribution in [0.4, 0.5) is 0 Å². The van der Waals surface area contributed by atoms with E-state index < -0.39 is 0 Å². The van der Waals surface area contributed by atoms with Gasteiger partial charge in [-0.15, -0.1) is 0 Å². The van der Waals surface area contributed by atoms with Gasteiger partial charge in [0.2, 0.25) is 0 Å². The molecule has 118 valence electrons. The SMILES string of the molecule is CCCN(Cc1cccc(COC)c1)CC1CCCNC1. The van der Waals surface area contributed by atoms with Crippen LogP contribution in [0.15, 0.2) is 24.3 Å². The number of hydrogen-bond acceptors (Lipinski definition) is 3. The molecule has 0 radical (unpaired) electrons. The lowest BCUT2D eigenvalue weighted by atomic mass is 9.98. The van der Waals surface area contributed by atoms with Crippen LogP contribution in [-0.2, 0) is 17.9 Å². The summed E-state index contributed by atoms with van der Waals surface area (Å²) < 4.78 is 5.23. The molecular formula is C18H30N2O. The quantitative estimate of drug-likeness (QED) is 0.796. The van der Waals surface area contributed by atoms with E-state index in [4.69, 9.17) is 4.74 Å². The second-order valence-corrected chi connectivity index (χ2v) is 6.20. The van der Waals surface area contributed by atoms with Crippen LogP contribution in [0.1, 0.15) is 37.3 Å². The molecule has 1 N–H and O–H groups in total. The predicted molar refractivity (Wildman–Crippen MR) is 88.3 cm³/mol. The summed E-state index contributed by atoms with van der Waals surface area (Å²) >= 11 is 0. The summed E-state index contributed by atoms with van der Waals surface area (Å²) in [6.07, 6.45) is 3.92. The maximum Gasteiger partial charge on any atom is 0.0713 e. The third-order valence-electron chi connectivity index (χ3n) is 4.16. The number of rotatable bonds is 8. The van der Waals surface area contributed by atoms with Crippen molar-refractivity contribution in [3.05, 3.63) is 35.4 Å². The predicted octanol–water partition coefficient (Wildman–Crippen LogP) is 3.04. The Hall–Kier alpha value is -0.900. The smallest absolute Gasteiger partial charge is 0.0713 e. The second-order valence-electron chi connectivity index (χ2n) is 6.20. The molecule has 1 atom stereocenters. The third-order valence-corrected chi connectivity index (χ3v) is 4.16. The Labute approximate surface area is 129 Å². The van der Waals surface area contributed by atoms with Crippen LogP contribution in [0.25, 0.3) is 0 Å². The number of piperidine rings is 1. The minimum atomic E-state index is 0.703. The van der Waals surface area contributed by atoms with E-state index in [-0.39, 0.29) is 0 Å². The van der Waals surface area contributed by atoms with E-state index >= 15 is 0 Å². The molecule has 1 saturated heterocycles. The van der Waals surface area contributed by atoms with Gasteiger partial charge >= 0.3 is 0 Å². The molecule has 1 aliphatic rings. The topological polar surface area (TPSA) is 24.5 Å². The summed E-state index contributed by atoms with van der Waals surface area (Å²) in [5.41, 5.74) is 2.67. The van der Waals surface area contributed by atoms with Gasteiger partial charge in [-0.3, -0.25) is 4.90 Å². The van der Waals surface area contributed by atoms with Crippen LogP contribution in [0.5, 0.6) is 0 Å². The van der Waals surface area contributed by atoms with E-state index in [0.29, 0.717) is 6.61 Å². The molecule has 1 aromatic carbocycles. The van der Waals surface area contributed by atoms with Gasteiger partial charge < -0.3 is 10.1 Å². The van der Waals surface area contributed by atoms with Gasteiger partial charge in [-0.1, -0.05) is 31.2 Å². The Bertz CT molecular complexity index is 402. The van der Waals surface area contributed by atoms with Gasteiger partial charge in [-0.25, -0.2) is 0 Å². The molecule has 1 aliphatic heterocycles. The van der Waals surface area contributed by atoms with Gasteiger partial charge in [0.25, 0.3) is 0 Å². The monoisotopic (exact) mass is 290 g/mol. The van der Waals surface area contributed by atoms with Crippen molar-refractivity contribution in [3.8, 4) is 0 Å². The van der Waals surface area contributed by atoms with Crippen molar-refractivity contribution in [2.45, 2.75) is 39.3 Å². The number of ether oxygens (including phenoxy) is 1. The largest absolute Gasteiger partial charge is 0.380 e. The van der Waals surface area contributed by atoms with E-state index in [1.54, 1.807) is 7.11 Å². The molecule has 1 fully saturated rings. The summed E-state index contributed by atoms with van der Waals surface area (Å²) in [6.45, 7) is 8.82. The molecule has 3 heteroatoms. The van der Waals surface area contributed by atoms with E-state index in [0.717, 1.165) is 12.5 Å². The molecule has 0 amide bonds. The average molecular weight is 290 g/mol. The fraction of sp³-hybridized carbons (Fsp3) is 0.667. The lowest BCUT2D eigenvalue weighted by Gasteiger charge is -2.30. The highest BCUT2D eigenvalue weighted by Gasteiger charge is 2.16. The van der Waals surface area contributed by atoms with E-state index in [1.165, 1.54) is 56.6 Å². The molecule has 0 bridgehead atoms. The molecule has 0 spiro atoms. The first-order chi connectivity index (χ1) is 10.3. The highest BCUT2D eigenvalue weighted by molar-refractivity contribution is 5.23. The molecule has 1 aromatic rings. The minimum Gasteiger partial charge on any atom is -0.380 e. The van der Waals surface area contributed by atoms with Crippen molar-refractivity contribution in [3.63, 3.8) is 0 Å². The van der Waals surface area contributed by atoms with Crippen LogP contribution >= 0.6 is 0 Å².